The van der Waals surface area contributed by atoms with E-state index in [1.165, 1.54) is 6.33 Å². The Bertz CT molecular complexity index is 830. The summed E-state index contributed by atoms with van der Waals surface area (Å²) < 4.78 is 3.77. The highest BCUT2D eigenvalue weighted by atomic mass is 15.4. The lowest BCUT2D eigenvalue weighted by atomic mass is 10.2. The van der Waals surface area contributed by atoms with Crippen molar-refractivity contribution in [2.45, 2.75) is 26.9 Å². The Balaban J connectivity index is 1.84. The summed E-state index contributed by atoms with van der Waals surface area (Å²) >= 11 is 0. The molecule has 0 saturated carbocycles. The van der Waals surface area contributed by atoms with Crippen LogP contribution in [0, 0.1) is 13.8 Å². The first-order chi connectivity index (χ1) is 10.1. The third-order valence-corrected chi connectivity index (χ3v) is 3.99. The van der Waals surface area contributed by atoms with Gasteiger partial charge in [-0.3, -0.25) is 4.68 Å². The fourth-order valence-corrected chi connectivity index (χ4v) is 2.86. The fourth-order valence-electron chi connectivity index (χ4n) is 2.86. The van der Waals surface area contributed by atoms with E-state index in [4.69, 9.17) is 5.73 Å². The SMILES string of the molecule is Cc1nc2ncnn2c(N2CCn3nc(N)cc3C2)c1C. The van der Waals surface area contributed by atoms with Crippen molar-refractivity contribution < 1.29 is 0 Å². The highest BCUT2D eigenvalue weighted by Crippen LogP contribution is 2.26. The van der Waals surface area contributed by atoms with Gasteiger partial charge in [0.05, 0.1) is 18.8 Å². The molecule has 1 aliphatic rings. The maximum atomic E-state index is 5.78. The quantitative estimate of drug-likeness (QED) is 0.701. The largest absolute Gasteiger partial charge is 0.382 e. The average Bonchev–Trinajstić information content (AvgIpc) is 3.04. The number of nitrogens with two attached hydrogens (primary N) is 1. The molecule has 0 spiro atoms. The van der Waals surface area contributed by atoms with E-state index in [0.717, 1.165) is 42.4 Å². The van der Waals surface area contributed by atoms with Gasteiger partial charge in [0.2, 0.25) is 0 Å². The van der Waals surface area contributed by atoms with Gasteiger partial charge >= 0.3 is 0 Å². The summed E-state index contributed by atoms with van der Waals surface area (Å²) in [4.78, 5) is 10.9. The van der Waals surface area contributed by atoms with Gasteiger partial charge in [-0.2, -0.15) is 19.7 Å². The van der Waals surface area contributed by atoms with E-state index < -0.39 is 0 Å². The molecule has 0 aromatic carbocycles. The zero-order valence-corrected chi connectivity index (χ0v) is 12.0. The topological polar surface area (TPSA) is 90.2 Å². The highest BCUT2D eigenvalue weighted by Gasteiger charge is 2.23. The number of aromatic nitrogens is 6. The fraction of sp³-hybridized carbons (Fsp3) is 0.385. The van der Waals surface area contributed by atoms with Crippen LogP contribution >= 0.6 is 0 Å². The number of anilines is 2. The molecule has 0 atom stereocenters. The van der Waals surface area contributed by atoms with Crippen LogP contribution in [0.2, 0.25) is 0 Å². The Hall–Kier alpha value is -2.64. The molecular weight excluding hydrogens is 268 g/mol. The van der Waals surface area contributed by atoms with Crippen LogP contribution in [0.4, 0.5) is 11.6 Å². The molecule has 8 heteroatoms. The standard InChI is InChI=1S/C13H16N8/c1-8-9(2)17-13-15-7-16-21(13)12(8)19-3-4-20-10(6-19)5-11(14)18-20/h5,7H,3-4,6H2,1-2H3,(H2,14,18). The molecule has 0 bridgehead atoms. The van der Waals surface area contributed by atoms with Crippen LogP contribution in [0.3, 0.4) is 0 Å². The van der Waals surface area contributed by atoms with Crippen molar-refractivity contribution in [2.24, 2.45) is 0 Å². The van der Waals surface area contributed by atoms with Crippen molar-refractivity contribution in [2.75, 3.05) is 17.2 Å². The van der Waals surface area contributed by atoms with E-state index in [-0.39, 0.29) is 0 Å². The summed E-state index contributed by atoms with van der Waals surface area (Å²) in [5.74, 6) is 2.24. The van der Waals surface area contributed by atoms with E-state index in [1.807, 2.05) is 17.7 Å². The minimum absolute atomic E-state index is 0.570. The van der Waals surface area contributed by atoms with Gasteiger partial charge in [-0.05, 0) is 13.8 Å². The average molecular weight is 284 g/mol. The smallest absolute Gasteiger partial charge is 0.254 e. The molecule has 0 unspecified atom stereocenters. The number of hydrogen-bond acceptors (Lipinski definition) is 6. The van der Waals surface area contributed by atoms with Crippen molar-refractivity contribution >= 4 is 17.4 Å². The first-order valence-electron chi connectivity index (χ1n) is 6.87. The van der Waals surface area contributed by atoms with Gasteiger partial charge in [-0.1, -0.05) is 0 Å². The molecule has 0 aliphatic carbocycles. The van der Waals surface area contributed by atoms with E-state index in [2.05, 4.69) is 32.0 Å². The van der Waals surface area contributed by atoms with E-state index >= 15 is 0 Å². The molecule has 1 aliphatic heterocycles. The number of nitrogens with zero attached hydrogens (tertiary/aromatic N) is 7. The number of aryl methyl sites for hydroxylation is 1. The van der Waals surface area contributed by atoms with Crippen molar-refractivity contribution in [3.8, 4) is 0 Å². The molecule has 108 valence electrons. The van der Waals surface area contributed by atoms with Crippen molar-refractivity contribution in [1.29, 1.82) is 0 Å². The molecule has 0 amide bonds. The maximum Gasteiger partial charge on any atom is 0.254 e. The van der Waals surface area contributed by atoms with Crippen LogP contribution in [0.1, 0.15) is 17.0 Å². The monoisotopic (exact) mass is 284 g/mol. The minimum atomic E-state index is 0.570. The molecule has 21 heavy (non-hydrogen) atoms. The predicted octanol–water partition coefficient (Wildman–Crippen LogP) is 0.540. The zero-order valence-electron chi connectivity index (χ0n) is 12.0. The Morgan fingerprint density at radius 2 is 2.10 bits per heavy atom. The number of hydrogen-bond donors (Lipinski definition) is 1. The second-order valence-electron chi connectivity index (χ2n) is 5.32. The molecule has 0 radical (unpaired) electrons. The highest BCUT2D eigenvalue weighted by molar-refractivity contribution is 5.54. The van der Waals surface area contributed by atoms with Gasteiger partial charge in [-0.25, -0.2) is 4.98 Å². The Morgan fingerprint density at radius 3 is 2.95 bits per heavy atom. The summed E-state index contributed by atoms with van der Waals surface area (Å²) in [6, 6.07) is 1.92. The van der Waals surface area contributed by atoms with Gasteiger partial charge in [0, 0.05) is 23.9 Å². The van der Waals surface area contributed by atoms with E-state index in [9.17, 15) is 0 Å². The normalized spacial score (nSPS) is 14.7. The van der Waals surface area contributed by atoms with Crippen molar-refractivity contribution in [3.63, 3.8) is 0 Å². The predicted molar refractivity (Wildman–Crippen MR) is 77.9 cm³/mol. The van der Waals surface area contributed by atoms with Gasteiger partial charge in [0.25, 0.3) is 5.78 Å². The molecular formula is C13H16N8. The van der Waals surface area contributed by atoms with E-state index in [1.54, 1.807) is 4.52 Å². The summed E-state index contributed by atoms with van der Waals surface area (Å²) in [7, 11) is 0. The number of rotatable bonds is 1. The van der Waals surface area contributed by atoms with Gasteiger partial charge in [0.15, 0.2) is 0 Å². The third kappa shape index (κ3) is 1.75. The minimum Gasteiger partial charge on any atom is -0.382 e. The second kappa shape index (κ2) is 4.18. The Labute approximate surface area is 121 Å². The first kappa shape index (κ1) is 12.1. The number of nitrogen functional groups attached to an aromatic ring is 1. The molecule has 4 rings (SSSR count). The second-order valence-corrected chi connectivity index (χ2v) is 5.32. The Kier molecular flexibility index (Phi) is 2.41. The summed E-state index contributed by atoms with van der Waals surface area (Å²) in [5, 5.41) is 8.60. The van der Waals surface area contributed by atoms with Gasteiger partial charge in [0.1, 0.15) is 18.0 Å². The van der Waals surface area contributed by atoms with Crippen LogP contribution < -0.4 is 10.6 Å². The zero-order chi connectivity index (χ0) is 14.6. The van der Waals surface area contributed by atoms with Crippen molar-refractivity contribution in [3.05, 3.63) is 29.3 Å². The molecule has 3 aromatic rings. The van der Waals surface area contributed by atoms with Gasteiger partial charge in [-0.15, -0.1) is 0 Å². The molecule has 0 saturated heterocycles. The lowest BCUT2D eigenvalue weighted by Gasteiger charge is -2.30. The third-order valence-electron chi connectivity index (χ3n) is 3.99. The van der Waals surface area contributed by atoms with Crippen LogP contribution in [-0.2, 0) is 13.1 Å². The van der Waals surface area contributed by atoms with Crippen LogP contribution in [0.25, 0.3) is 5.78 Å². The molecule has 3 aromatic heterocycles. The molecule has 4 heterocycles. The Morgan fingerprint density at radius 1 is 1.24 bits per heavy atom. The summed E-state index contributed by atoms with van der Waals surface area (Å²) in [6.07, 6.45) is 1.54. The van der Waals surface area contributed by atoms with Crippen LogP contribution in [0.5, 0.6) is 0 Å². The molecule has 8 nitrogen and oxygen atoms in total. The summed E-state index contributed by atoms with van der Waals surface area (Å²) in [6.45, 7) is 6.49. The van der Waals surface area contributed by atoms with Gasteiger partial charge < -0.3 is 10.6 Å². The number of fused-ring (bicyclic) bond motifs is 2. The first-order valence-corrected chi connectivity index (χ1v) is 6.87. The lowest BCUT2D eigenvalue weighted by Crippen LogP contribution is -2.35. The van der Waals surface area contributed by atoms with E-state index in [0.29, 0.717) is 11.6 Å². The lowest BCUT2D eigenvalue weighted by molar-refractivity contribution is 0.514. The molecule has 0 fully saturated rings. The van der Waals surface area contributed by atoms with Crippen LogP contribution in [-0.4, -0.2) is 35.9 Å². The maximum absolute atomic E-state index is 5.78. The van der Waals surface area contributed by atoms with Crippen LogP contribution in [0.15, 0.2) is 12.4 Å². The molecule has 2 N–H and O–H groups in total. The van der Waals surface area contributed by atoms with Crippen molar-refractivity contribution in [1.82, 2.24) is 29.4 Å². The summed E-state index contributed by atoms with van der Waals surface area (Å²) in [5.41, 5.74) is 8.99.